The van der Waals surface area contributed by atoms with Crippen LogP contribution >= 0.6 is 11.3 Å². The number of carbonyl (C=O) groups excluding carboxylic acids is 1. The molecule has 2 aromatic heterocycles. The van der Waals surface area contributed by atoms with Crippen LogP contribution in [-0.4, -0.2) is 36.6 Å². The minimum atomic E-state index is -0.236. The van der Waals surface area contributed by atoms with E-state index in [1.807, 2.05) is 44.6 Å². The number of nitrogens with one attached hydrogen (secondary N) is 2. The summed E-state index contributed by atoms with van der Waals surface area (Å²) < 4.78 is 0. The van der Waals surface area contributed by atoms with Gasteiger partial charge in [0.25, 0.3) is 0 Å². The van der Waals surface area contributed by atoms with Gasteiger partial charge in [-0.15, -0.1) is 11.3 Å². The number of aryl methyl sites for hydroxylation is 1. The van der Waals surface area contributed by atoms with Crippen molar-refractivity contribution in [3.8, 4) is 0 Å². The second-order valence-electron chi connectivity index (χ2n) is 5.00. The molecule has 112 valence electrons. The van der Waals surface area contributed by atoms with Crippen molar-refractivity contribution in [3.63, 3.8) is 0 Å². The monoisotopic (exact) mass is 304 g/mol. The lowest BCUT2D eigenvalue weighted by Crippen LogP contribution is -2.36. The normalized spacial score (nSPS) is 12.2. The molecule has 0 unspecified atom stereocenters. The maximum atomic E-state index is 12.0. The second-order valence-corrected chi connectivity index (χ2v) is 5.98. The molecule has 2 heterocycles. The lowest BCUT2D eigenvalue weighted by atomic mass is 10.2. The van der Waals surface area contributed by atoms with Gasteiger partial charge >= 0.3 is 6.03 Å². The van der Waals surface area contributed by atoms with Crippen LogP contribution in [0.2, 0.25) is 0 Å². The maximum absolute atomic E-state index is 12.0. The third-order valence-electron chi connectivity index (χ3n) is 3.19. The highest BCUT2D eigenvalue weighted by molar-refractivity contribution is 7.10. The van der Waals surface area contributed by atoms with Crippen LogP contribution < -0.4 is 10.6 Å². The van der Waals surface area contributed by atoms with Crippen LogP contribution in [0.15, 0.2) is 35.8 Å². The summed E-state index contributed by atoms with van der Waals surface area (Å²) in [6.07, 6.45) is 1.66. The first kappa shape index (κ1) is 15.5. The molecule has 6 heteroatoms. The van der Waals surface area contributed by atoms with E-state index in [0.717, 1.165) is 5.56 Å². The fourth-order valence-electron chi connectivity index (χ4n) is 1.98. The summed E-state index contributed by atoms with van der Waals surface area (Å²) in [5.41, 5.74) is 0.940. The summed E-state index contributed by atoms with van der Waals surface area (Å²) >= 11 is 1.69. The van der Waals surface area contributed by atoms with Gasteiger partial charge in [-0.3, -0.25) is 5.32 Å². The van der Waals surface area contributed by atoms with E-state index >= 15 is 0 Å². The van der Waals surface area contributed by atoms with E-state index in [4.69, 9.17) is 0 Å². The van der Waals surface area contributed by atoms with Crippen LogP contribution in [0, 0.1) is 6.92 Å². The Balaban J connectivity index is 1.92. The zero-order chi connectivity index (χ0) is 15.2. The van der Waals surface area contributed by atoms with E-state index in [-0.39, 0.29) is 12.1 Å². The molecule has 21 heavy (non-hydrogen) atoms. The number of anilines is 1. The van der Waals surface area contributed by atoms with Gasteiger partial charge in [0.15, 0.2) is 0 Å². The van der Waals surface area contributed by atoms with E-state index in [1.165, 1.54) is 4.88 Å². The highest BCUT2D eigenvalue weighted by Crippen LogP contribution is 2.22. The van der Waals surface area contributed by atoms with Crippen molar-refractivity contribution in [2.45, 2.75) is 13.0 Å². The van der Waals surface area contributed by atoms with E-state index < -0.39 is 0 Å². The summed E-state index contributed by atoms with van der Waals surface area (Å²) in [4.78, 5) is 19.5. The van der Waals surface area contributed by atoms with Gasteiger partial charge in [-0.2, -0.15) is 0 Å². The van der Waals surface area contributed by atoms with Crippen molar-refractivity contribution >= 4 is 23.2 Å². The smallest absolute Gasteiger partial charge is 0.320 e. The molecule has 1 atom stereocenters. The second kappa shape index (κ2) is 7.19. The van der Waals surface area contributed by atoms with Crippen LogP contribution in [0.3, 0.4) is 0 Å². The number of urea groups is 1. The molecule has 2 N–H and O–H groups in total. The van der Waals surface area contributed by atoms with Gasteiger partial charge in [0.1, 0.15) is 5.82 Å². The maximum Gasteiger partial charge on any atom is 0.320 e. The van der Waals surface area contributed by atoms with Crippen molar-refractivity contribution in [3.05, 3.63) is 46.3 Å². The number of rotatable bonds is 5. The van der Waals surface area contributed by atoms with E-state index in [1.54, 1.807) is 17.5 Å². The summed E-state index contributed by atoms with van der Waals surface area (Å²) in [7, 11) is 4.01. The van der Waals surface area contributed by atoms with Gasteiger partial charge in [-0.1, -0.05) is 12.1 Å². The summed E-state index contributed by atoms with van der Waals surface area (Å²) in [6, 6.07) is 7.79. The largest absolute Gasteiger partial charge is 0.336 e. The molecule has 2 rings (SSSR count). The molecule has 0 spiro atoms. The minimum absolute atomic E-state index is 0.167. The van der Waals surface area contributed by atoms with Gasteiger partial charge in [-0.05, 0) is 44.1 Å². The number of hydrogen-bond donors (Lipinski definition) is 2. The Kier molecular flexibility index (Phi) is 5.30. The van der Waals surface area contributed by atoms with E-state index in [9.17, 15) is 4.79 Å². The number of thiophene rings is 1. The third-order valence-corrected chi connectivity index (χ3v) is 4.17. The van der Waals surface area contributed by atoms with Crippen LogP contribution in [0.1, 0.15) is 16.5 Å². The zero-order valence-corrected chi connectivity index (χ0v) is 13.3. The SMILES string of the molecule is Cc1cccnc1NC(=O)NC[C@H](c1cccs1)N(C)C. The summed E-state index contributed by atoms with van der Waals surface area (Å²) in [6.45, 7) is 2.46. The third kappa shape index (κ3) is 4.27. The molecule has 2 amide bonds. The number of amides is 2. The first-order chi connectivity index (χ1) is 10.1. The molecule has 0 bridgehead atoms. The molecule has 0 radical (unpaired) electrons. The van der Waals surface area contributed by atoms with Gasteiger partial charge < -0.3 is 10.2 Å². The first-order valence-electron chi connectivity index (χ1n) is 6.74. The summed E-state index contributed by atoms with van der Waals surface area (Å²) in [5, 5.41) is 7.72. The first-order valence-corrected chi connectivity index (χ1v) is 7.62. The Labute approximate surface area is 129 Å². The molecular weight excluding hydrogens is 284 g/mol. The van der Waals surface area contributed by atoms with Crippen LogP contribution in [0.25, 0.3) is 0 Å². The molecule has 0 aliphatic rings. The Morgan fingerprint density at radius 1 is 1.38 bits per heavy atom. The molecular formula is C15H20N4OS. The van der Waals surface area contributed by atoms with Crippen molar-refractivity contribution in [1.29, 1.82) is 0 Å². The molecule has 0 aliphatic heterocycles. The Morgan fingerprint density at radius 3 is 2.81 bits per heavy atom. The molecule has 0 fully saturated rings. The number of pyridine rings is 1. The molecule has 0 saturated carbocycles. The number of hydrogen-bond acceptors (Lipinski definition) is 4. The standard InChI is InChI=1S/C15H20N4OS/c1-11-6-4-8-16-14(11)18-15(20)17-10-12(19(2)3)13-7-5-9-21-13/h4-9,12H,10H2,1-3H3,(H2,16,17,18,20)/t12-/m1/s1. The Morgan fingerprint density at radius 2 is 2.19 bits per heavy atom. The predicted octanol–water partition coefficient (Wildman–Crippen LogP) is 2.88. The van der Waals surface area contributed by atoms with Gasteiger partial charge in [-0.25, -0.2) is 9.78 Å². The van der Waals surface area contributed by atoms with Crippen molar-refractivity contribution in [2.75, 3.05) is 26.0 Å². The fourth-order valence-corrected chi connectivity index (χ4v) is 2.90. The van der Waals surface area contributed by atoms with Crippen molar-refractivity contribution < 1.29 is 4.79 Å². The minimum Gasteiger partial charge on any atom is -0.336 e. The Hall–Kier alpha value is -1.92. The van der Waals surface area contributed by atoms with Gasteiger partial charge in [0.2, 0.25) is 0 Å². The average Bonchev–Trinajstić information content (AvgIpc) is 2.95. The van der Waals surface area contributed by atoms with Gasteiger partial charge in [0, 0.05) is 17.6 Å². The molecule has 0 saturated heterocycles. The van der Waals surface area contributed by atoms with Crippen LogP contribution in [0.4, 0.5) is 10.6 Å². The average molecular weight is 304 g/mol. The molecule has 2 aromatic rings. The van der Waals surface area contributed by atoms with Crippen molar-refractivity contribution in [1.82, 2.24) is 15.2 Å². The zero-order valence-electron chi connectivity index (χ0n) is 12.5. The van der Waals surface area contributed by atoms with Crippen LogP contribution in [0.5, 0.6) is 0 Å². The lowest BCUT2D eigenvalue weighted by molar-refractivity contribution is 0.244. The quantitative estimate of drug-likeness (QED) is 0.893. The molecule has 0 aliphatic carbocycles. The topological polar surface area (TPSA) is 57.3 Å². The molecule has 5 nitrogen and oxygen atoms in total. The van der Waals surface area contributed by atoms with Gasteiger partial charge in [0.05, 0.1) is 6.04 Å². The fraction of sp³-hybridized carbons (Fsp3) is 0.333. The highest BCUT2D eigenvalue weighted by Gasteiger charge is 2.16. The van der Waals surface area contributed by atoms with E-state index in [0.29, 0.717) is 12.4 Å². The highest BCUT2D eigenvalue weighted by atomic mass is 32.1. The van der Waals surface area contributed by atoms with Crippen LogP contribution in [-0.2, 0) is 0 Å². The van der Waals surface area contributed by atoms with E-state index in [2.05, 4.69) is 26.6 Å². The number of likely N-dealkylation sites (N-methyl/N-ethyl adjacent to an activating group) is 1. The Bertz CT molecular complexity index is 583. The number of nitrogens with zero attached hydrogens (tertiary/aromatic N) is 2. The lowest BCUT2D eigenvalue weighted by Gasteiger charge is -2.23. The summed E-state index contributed by atoms with van der Waals surface area (Å²) in [5.74, 6) is 0.590. The predicted molar refractivity (Wildman–Crippen MR) is 86.7 cm³/mol. The number of carbonyl (C=O) groups is 1. The molecule has 0 aromatic carbocycles. The van der Waals surface area contributed by atoms with Crippen molar-refractivity contribution in [2.24, 2.45) is 0 Å². The number of aromatic nitrogens is 1.